The van der Waals surface area contributed by atoms with Gasteiger partial charge in [-0.2, -0.15) is 0 Å². The molecule has 1 saturated heterocycles. The fraction of sp³-hybridized carbons (Fsp3) is 0.500. The molecule has 3 atom stereocenters. The number of fused-ring (bicyclic) bond motifs is 1. The van der Waals surface area contributed by atoms with E-state index in [0.29, 0.717) is 30.7 Å². The molecular formula is C12H17ClN4O3. The van der Waals surface area contributed by atoms with Crippen molar-refractivity contribution in [3.63, 3.8) is 0 Å². The van der Waals surface area contributed by atoms with E-state index in [1.54, 1.807) is 6.20 Å². The number of hydrogen-bond donors (Lipinski definition) is 4. The monoisotopic (exact) mass is 302 g/mol. The summed E-state index contributed by atoms with van der Waals surface area (Å²) in [6.07, 6.45) is 2.38. The molecule has 0 amide bonds. The minimum atomic E-state index is -1.28. The smallest absolute Gasteiger partial charge is 0.275 e. The van der Waals surface area contributed by atoms with Gasteiger partial charge in [0.15, 0.2) is 0 Å². The van der Waals surface area contributed by atoms with Crippen molar-refractivity contribution in [2.45, 2.75) is 12.6 Å². The molecule has 0 radical (unpaired) electrons. The molecule has 2 aromatic rings. The first-order chi connectivity index (χ1) is 9.56. The largest absolute Gasteiger partial charge is 0.396 e. The fourth-order valence-corrected chi connectivity index (χ4v) is 2.54. The number of aliphatic hydroxyl groups is 2. The molecule has 8 heteroatoms. The molecule has 0 bridgehead atoms. The summed E-state index contributed by atoms with van der Waals surface area (Å²) in [5, 5.41) is 19.1. The highest BCUT2D eigenvalue weighted by molar-refractivity contribution is 5.85. The number of rotatable bonds is 3. The second-order valence-corrected chi connectivity index (χ2v) is 4.84. The predicted octanol–water partition coefficient (Wildman–Crippen LogP) is -0.542. The number of aliphatic hydroxyl groups excluding tert-OH is 2. The first-order valence-electron chi connectivity index (χ1n) is 6.68. The van der Waals surface area contributed by atoms with Crippen LogP contribution >= 0.6 is 12.4 Å². The second-order valence-electron chi connectivity index (χ2n) is 4.84. The third-order valence-corrected chi connectivity index (χ3v) is 3.54. The van der Waals surface area contributed by atoms with Gasteiger partial charge in [-0.25, -0.2) is 4.98 Å². The van der Waals surface area contributed by atoms with E-state index in [-0.39, 0.29) is 18.0 Å². The van der Waals surface area contributed by atoms with Crippen molar-refractivity contribution in [3.8, 4) is 0 Å². The van der Waals surface area contributed by atoms with E-state index >= 15 is 0 Å². The SMILES string of the molecule is Cl.[3H]C(O)[C@H]1CN(Cc2c[nH]c3c(=O)[nH]cnc23)C[C@@H]1O. The number of aromatic nitrogens is 3. The number of nitrogens with one attached hydrogen (secondary N) is 2. The van der Waals surface area contributed by atoms with Gasteiger partial charge in [0.25, 0.3) is 5.56 Å². The maximum absolute atomic E-state index is 11.6. The molecule has 7 nitrogen and oxygen atoms in total. The van der Waals surface area contributed by atoms with Crippen LogP contribution in [0.4, 0.5) is 0 Å². The van der Waals surface area contributed by atoms with Gasteiger partial charge in [0.1, 0.15) is 5.52 Å². The summed E-state index contributed by atoms with van der Waals surface area (Å²) < 4.78 is 7.31. The van der Waals surface area contributed by atoms with Gasteiger partial charge in [-0.05, 0) is 0 Å². The van der Waals surface area contributed by atoms with E-state index < -0.39 is 18.6 Å². The van der Waals surface area contributed by atoms with Crippen LogP contribution in [0.15, 0.2) is 17.3 Å². The predicted molar refractivity (Wildman–Crippen MR) is 75.8 cm³/mol. The number of likely N-dealkylation sites (tertiary alicyclic amines) is 1. The molecule has 0 aromatic carbocycles. The van der Waals surface area contributed by atoms with Crippen LogP contribution in [-0.4, -0.2) is 55.8 Å². The molecule has 3 rings (SSSR count). The Balaban J connectivity index is 0.00000161. The van der Waals surface area contributed by atoms with Gasteiger partial charge < -0.3 is 20.2 Å². The fourth-order valence-electron chi connectivity index (χ4n) is 2.54. The number of H-pyrrole nitrogens is 2. The maximum atomic E-state index is 11.6. The third kappa shape index (κ3) is 2.57. The van der Waals surface area contributed by atoms with Crippen molar-refractivity contribution in [1.82, 2.24) is 19.9 Å². The van der Waals surface area contributed by atoms with Gasteiger partial charge in [0, 0.05) is 43.9 Å². The quantitative estimate of drug-likeness (QED) is 0.609. The summed E-state index contributed by atoms with van der Waals surface area (Å²) in [5.41, 5.74) is 1.68. The zero-order valence-electron chi connectivity index (χ0n) is 11.6. The van der Waals surface area contributed by atoms with Gasteiger partial charge in [0.05, 0.1) is 19.3 Å². The Bertz CT molecular complexity index is 674. The molecule has 1 aliphatic heterocycles. The molecule has 110 valence electrons. The first kappa shape index (κ1) is 13.6. The molecule has 1 unspecified atom stereocenters. The highest BCUT2D eigenvalue weighted by atomic mass is 35.5. The van der Waals surface area contributed by atoms with E-state index in [9.17, 15) is 15.0 Å². The van der Waals surface area contributed by atoms with Crippen LogP contribution in [0.5, 0.6) is 0 Å². The molecular weight excluding hydrogens is 284 g/mol. The Morgan fingerprint density at radius 1 is 1.50 bits per heavy atom. The van der Waals surface area contributed by atoms with Crippen LogP contribution < -0.4 is 5.56 Å². The van der Waals surface area contributed by atoms with Crippen molar-refractivity contribution in [2.75, 3.05) is 19.7 Å². The second kappa shape index (κ2) is 5.92. The van der Waals surface area contributed by atoms with Gasteiger partial charge in [-0.15, -0.1) is 12.4 Å². The summed E-state index contributed by atoms with van der Waals surface area (Å²) in [7, 11) is 0. The maximum Gasteiger partial charge on any atom is 0.275 e. The number of β-amino-alcohol motifs (C(OH)–C–C–N with tert-alkyl or cyclic N) is 1. The van der Waals surface area contributed by atoms with Crippen LogP contribution in [0, 0.1) is 5.92 Å². The minimum Gasteiger partial charge on any atom is -0.396 e. The molecule has 1 aliphatic rings. The highest BCUT2D eigenvalue weighted by Gasteiger charge is 2.30. The third-order valence-electron chi connectivity index (χ3n) is 3.54. The lowest BCUT2D eigenvalue weighted by Gasteiger charge is -2.13. The van der Waals surface area contributed by atoms with Crippen molar-refractivity contribution in [2.24, 2.45) is 5.92 Å². The van der Waals surface area contributed by atoms with Gasteiger partial charge >= 0.3 is 0 Å². The number of hydrogen-bond acceptors (Lipinski definition) is 5. The lowest BCUT2D eigenvalue weighted by atomic mass is 10.1. The zero-order valence-corrected chi connectivity index (χ0v) is 11.4. The Hall–Kier alpha value is -1.41. The summed E-state index contributed by atoms with van der Waals surface area (Å²) in [6, 6.07) is 0. The van der Waals surface area contributed by atoms with E-state index in [1.807, 2.05) is 4.90 Å². The van der Waals surface area contributed by atoms with E-state index in [0.717, 1.165) is 5.56 Å². The van der Waals surface area contributed by atoms with Gasteiger partial charge in [-0.3, -0.25) is 9.69 Å². The zero-order chi connectivity index (χ0) is 14.3. The van der Waals surface area contributed by atoms with Crippen LogP contribution in [0.1, 0.15) is 6.93 Å². The normalized spacial score (nSPS) is 25.4. The lowest BCUT2D eigenvalue weighted by Crippen LogP contribution is -2.21. The van der Waals surface area contributed by atoms with E-state index in [1.165, 1.54) is 6.33 Å². The highest BCUT2D eigenvalue weighted by Crippen LogP contribution is 2.21. The standard InChI is InChI=1S/C12H16N4O3.ClH/c17-5-8-3-16(4-9(8)18)2-7-1-13-11-10(7)14-6-15-12(11)19;/h1,6,8-9,13,17-18H,2-5H2,(H,14,15,19);1H/t8-,9+;/m1./s1/i5T;/t5?,8-,9+;. The molecule has 20 heavy (non-hydrogen) atoms. The van der Waals surface area contributed by atoms with Crippen molar-refractivity contribution >= 4 is 23.4 Å². The molecule has 3 heterocycles. The molecule has 0 saturated carbocycles. The van der Waals surface area contributed by atoms with Crippen molar-refractivity contribution in [3.05, 3.63) is 28.4 Å². The average Bonchev–Trinajstić information content (AvgIpc) is 2.95. The topological polar surface area (TPSA) is 105 Å². The first-order valence-corrected chi connectivity index (χ1v) is 6.10. The average molecular weight is 303 g/mol. The summed E-state index contributed by atoms with van der Waals surface area (Å²) in [4.78, 5) is 23.1. The van der Waals surface area contributed by atoms with Crippen LogP contribution in [0.3, 0.4) is 0 Å². The number of nitrogens with zero attached hydrogens (tertiary/aromatic N) is 2. The van der Waals surface area contributed by atoms with E-state index in [4.69, 9.17) is 1.37 Å². The van der Waals surface area contributed by atoms with Crippen molar-refractivity contribution < 1.29 is 11.6 Å². The Kier molecular flexibility index (Phi) is 4.02. The van der Waals surface area contributed by atoms with Crippen LogP contribution in [0.25, 0.3) is 11.0 Å². The summed E-state index contributed by atoms with van der Waals surface area (Å²) in [6.45, 7) is 0.0773. The minimum absolute atomic E-state index is 0. The van der Waals surface area contributed by atoms with Gasteiger partial charge in [0.2, 0.25) is 0 Å². The Morgan fingerprint density at radius 2 is 2.30 bits per heavy atom. The molecule has 1 fully saturated rings. The summed E-state index contributed by atoms with van der Waals surface area (Å²) in [5.74, 6) is -0.462. The van der Waals surface area contributed by atoms with Crippen LogP contribution in [0.2, 0.25) is 0 Å². The Morgan fingerprint density at radius 3 is 3.00 bits per heavy atom. The number of aromatic amines is 2. The lowest BCUT2D eigenvalue weighted by molar-refractivity contribution is 0.103. The summed E-state index contributed by atoms with van der Waals surface area (Å²) >= 11 is 0. The van der Waals surface area contributed by atoms with Crippen molar-refractivity contribution in [1.29, 1.82) is 0 Å². The molecule has 0 spiro atoms. The van der Waals surface area contributed by atoms with Crippen LogP contribution in [-0.2, 0) is 6.54 Å². The van der Waals surface area contributed by atoms with E-state index in [2.05, 4.69) is 15.0 Å². The molecule has 2 aromatic heterocycles. The Labute approximate surface area is 122 Å². The number of halogens is 1. The molecule has 0 aliphatic carbocycles. The van der Waals surface area contributed by atoms with Gasteiger partial charge in [-0.1, -0.05) is 0 Å². The molecule has 4 N–H and O–H groups in total.